The Morgan fingerprint density at radius 1 is 0.947 bits per heavy atom. The molecule has 0 radical (unpaired) electrons. The Morgan fingerprint density at radius 3 is 2.53 bits per heavy atom. The molecule has 0 bridgehead atoms. The fourth-order valence-corrected chi connectivity index (χ4v) is 2.77. The van der Waals surface area contributed by atoms with Crippen LogP contribution in [0.15, 0.2) is 52.9 Å². The topological polar surface area (TPSA) is 13.1 Å². The zero-order valence-electron chi connectivity index (χ0n) is 9.74. The summed E-state index contributed by atoms with van der Waals surface area (Å²) in [5.41, 5.74) is 1.59. The van der Waals surface area contributed by atoms with Crippen molar-refractivity contribution >= 4 is 45.8 Å². The first-order valence-electron chi connectivity index (χ1n) is 5.72. The molecule has 0 saturated carbocycles. The molecule has 0 spiro atoms. The van der Waals surface area contributed by atoms with Crippen LogP contribution in [0.5, 0.6) is 0 Å². The maximum absolute atomic E-state index is 6.44. The van der Waals surface area contributed by atoms with Gasteiger partial charge in [0.2, 0.25) is 0 Å². The first-order chi connectivity index (χ1) is 9.15. The van der Waals surface area contributed by atoms with E-state index in [1.807, 2.05) is 42.5 Å². The van der Waals surface area contributed by atoms with Gasteiger partial charge in [-0.2, -0.15) is 0 Å². The van der Waals surface area contributed by atoms with Crippen LogP contribution in [0.3, 0.4) is 0 Å². The minimum absolute atomic E-state index is 0.417. The number of rotatable bonds is 2. The molecule has 0 N–H and O–H groups in total. The Bertz CT molecular complexity index is 733. The molecule has 0 saturated heterocycles. The summed E-state index contributed by atoms with van der Waals surface area (Å²) in [7, 11) is 0. The maximum atomic E-state index is 6.44. The number of hydrogen-bond donors (Lipinski definition) is 0. The third-order valence-corrected chi connectivity index (χ3v) is 3.95. The summed E-state index contributed by atoms with van der Waals surface area (Å²) in [5.74, 6) is 0.659. The van der Waals surface area contributed by atoms with Crippen molar-refractivity contribution in [2.45, 2.75) is 5.38 Å². The van der Waals surface area contributed by atoms with Crippen molar-refractivity contribution in [2.24, 2.45) is 0 Å². The molecular formula is C15H9Cl3O. The van der Waals surface area contributed by atoms with Crippen molar-refractivity contribution in [1.82, 2.24) is 0 Å². The molecule has 1 heterocycles. The monoisotopic (exact) mass is 310 g/mol. The van der Waals surface area contributed by atoms with Crippen LogP contribution < -0.4 is 0 Å². The zero-order chi connectivity index (χ0) is 13.4. The average Bonchev–Trinajstić information content (AvgIpc) is 2.81. The number of fused-ring (bicyclic) bond motifs is 1. The molecule has 3 aromatic rings. The minimum Gasteiger partial charge on any atom is -0.459 e. The largest absolute Gasteiger partial charge is 0.459 e. The Morgan fingerprint density at radius 2 is 1.74 bits per heavy atom. The highest BCUT2D eigenvalue weighted by atomic mass is 35.5. The molecule has 0 amide bonds. The predicted octanol–water partition coefficient (Wildman–Crippen LogP) is 6.07. The van der Waals surface area contributed by atoms with Crippen molar-refractivity contribution in [1.29, 1.82) is 0 Å². The third-order valence-electron chi connectivity index (χ3n) is 2.93. The lowest BCUT2D eigenvalue weighted by molar-refractivity contribution is 0.557. The van der Waals surface area contributed by atoms with Gasteiger partial charge >= 0.3 is 0 Å². The Kier molecular flexibility index (Phi) is 3.44. The molecule has 2 aromatic carbocycles. The number of halogens is 3. The second kappa shape index (κ2) is 5.09. The van der Waals surface area contributed by atoms with E-state index >= 15 is 0 Å². The van der Waals surface area contributed by atoms with Gasteiger partial charge in [0.05, 0.1) is 0 Å². The van der Waals surface area contributed by atoms with E-state index in [0.717, 1.165) is 16.5 Å². The highest BCUT2D eigenvalue weighted by Gasteiger charge is 2.18. The molecule has 4 heteroatoms. The summed E-state index contributed by atoms with van der Waals surface area (Å²) in [4.78, 5) is 0. The van der Waals surface area contributed by atoms with Gasteiger partial charge in [0.25, 0.3) is 0 Å². The fourth-order valence-electron chi connectivity index (χ4n) is 1.99. The van der Waals surface area contributed by atoms with Gasteiger partial charge in [0.1, 0.15) is 16.7 Å². The maximum Gasteiger partial charge on any atom is 0.134 e. The van der Waals surface area contributed by atoms with Crippen LogP contribution in [-0.4, -0.2) is 0 Å². The van der Waals surface area contributed by atoms with Crippen molar-refractivity contribution in [2.75, 3.05) is 0 Å². The van der Waals surface area contributed by atoms with Crippen LogP contribution >= 0.6 is 34.8 Å². The van der Waals surface area contributed by atoms with Crippen molar-refractivity contribution in [3.63, 3.8) is 0 Å². The average molecular weight is 312 g/mol. The van der Waals surface area contributed by atoms with Gasteiger partial charge in [0, 0.05) is 15.4 Å². The van der Waals surface area contributed by atoms with Gasteiger partial charge in [-0.1, -0.05) is 41.4 Å². The SMILES string of the molecule is Clc1ccc2oc(C(Cl)c3ccccc3Cl)cc2c1. The molecule has 96 valence electrons. The van der Waals surface area contributed by atoms with E-state index in [2.05, 4.69) is 0 Å². The molecule has 3 rings (SSSR count). The van der Waals surface area contributed by atoms with Crippen LogP contribution in [-0.2, 0) is 0 Å². The Balaban J connectivity index is 2.07. The lowest BCUT2D eigenvalue weighted by Gasteiger charge is -2.08. The summed E-state index contributed by atoms with van der Waals surface area (Å²) < 4.78 is 5.74. The molecule has 1 aromatic heterocycles. The van der Waals surface area contributed by atoms with Crippen molar-refractivity contribution in [3.05, 3.63) is 69.9 Å². The summed E-state index contributed by atoms with van der Waals surface area (Å²) in [6, 6.07) is 14.8. The smallest absolute Gasteiger partial charge is 0.134 e. The molecule has 0 aliphatic carbocycles. The summed E-state index contributed by atoms with van der Waals surface area (Å²) in [6.07, 6.45) is 0. The molecular weight excluding hydrogens is 303 g/mol. The Labute approximate surface area is 125 Å². The van der Waals surface area contributed by atoms with Crippen LogP contribution in [0.25, 0.3) is 11.0 Å². The number of hydrogen-bond acceptors (Lipinski definition) is 1. The van der Waals surface area contributed by atoms with Gasteiger partial charge in [0.15, 0.2) is 0 Å². The quantitative estimate of drug-likeness (QED) is 0.524. The van der Waals surface area contributed by atoms with E-state index in [-0.39, 0.29) is 0 Å². The molecule has 1 atom stereocenters. The van der Waals surface area contributed by atoms with Gasteiger partial charge in [-0.25, -0.2) is 0 Å². The predicted molar refractivity (Wildman–Crippen MR) is 80.4 cm³/mol. The lowest BCUT2D eigenvalue weighted by atomic mass is 10.1. The van der Waals surface area contributed by atoms with Crippen molar-refractivity contribution < 1.29 is 4.42 Å². The lowest BCUT2D eigenvalue weighted by Crippen LogP contribution is -1.91. The molecule has 19 heavy (non-hydrogen) atoms. The van der Waals surface area contributed by atoms with E-state index < -0.39 is 5.38 Å². The van der Waals surface area contributed by atoms with Crippen LogP contribution in [0, 0.1) is 0 Å². The van der Waals surface area contributed by atoms with Crippen LogP contribution in [0.2, 0.25) is 10.0 Å². The summed E-state index contributed by atoms with van der Waals surface area (Å²) >= 11 is 18.5. The fraction of sp³-hybridized carbons (Fsp3) is 0.0667. The molecule has 0 fully saturated rings. The van der Waals surface area contributed by atoms with E-state index in [4.69, 9.17) is 39.2 Å². The molecule has 1 nitrogen and oxygen atoms in total. The first kappa shape index (κ1) is 12.9. The number of alkyl halides is 1. The third kappa shape index (κ3) is 2.46. The summed E-state index contributed by atoms with van der Waals surface area (Å²) in [6.45, 7) is 0. The molecule has 0 aliphatic heterocycles. The van der Waals surface area contributed by atoms with Gasteiger partial charge in [-0.3, -0.25) is 0 Å². The minimum atomic E-state index is -0.417. The van der Waals surface area contributed by atoms with Gasteiger partial charge < -0.3 is 4.42 Å². The molecule has 1 unspecified atom stereocenters. The number of furan rings is 1. The van der Waals surface area contributed by atoms with E-state index in [1.165, 1.54) is 0 Å². The first-order valence-corrected chi connectivity index (χ1v) is 6.92. The Hall–Kier alpha value is -1.15. The van der Waals surface area contributed by atoms with Crippen LogP contribution in [0.1, 0.15) is 16.7 Å². The molecule has 0 aliphatic rings. The second-order valence-electron chi connectivity index (χ2n) is 4.21. The highest BCUT2D eigenvalue weighted by molar-refractivity contribution is 6.33. The standard InChI is InChI=1S/C15H9Cl3O/c16-10-5-6-13-9(7-10)8-14(19-13)15(18)11-3-1-2-4-12(11)17/h1-8,15H. The van der Waals surface area contributed by atoms with E-state index in [0.29, 0.717) is 15.8 Å². The van der Waals surface area contributed by atoms with Gasteiger partial charge in [-0.05, 0) is 35.9 Å². The van der Waals surface area contributed by atoms with Gasteiger partial charge in [-0.15, -0.1) is 11.6 Å². The number of benzene rings is 2. The second-order valence-corrected chi connectivity index (χ2v) is 5.50. The van der Waals surface area contributed by atoms with E-state index in [1.54, 1.807) is 6.07 Å². The normalized spacial score (nSPS) is 12.8. The van der Waals surface area contributed by atoms with E-state index in [9.17, 15) is 0 Å². The summed E-state index contributed by atoms with van der Waals surface area (Å²) in [5, 5.41) is 1.81. The van der Waals surface area contributed by atoms with Crippen molar-refractivity contribution in [3.8, 4) is 0 Å². The van der Waals surface area contributed by atoms with Crippen LogP contribution in [0.4, 0.5) is 0 Å². The zero-order valence-corrected chi connectivity index (χ0v) is 12.0. The highest BCUT2D eigenvalue weighted by Crippen LogP contribution is 2.36.